The van der Waals surface area contributed by atoms with Crippen LogP contribution in [0, 0.1) is 13.8 Å². The number of ether oxygens (including phenoxy) is 1. The van der Waals surface area contributed by atoms with E-state index in [4.69, 9.17) is 4.74 Å². The fourth-order valence-electron chi connectivity index (χ4n) is 2.92. The lowest BCUT2D eigenvalue weighted by Crippen LogP contribution is -2.32. The van der Waals surface area contributed by atoms with Gasteiger partial charge in [-0.2, -0.15) is 0 Å². The number of carbonyl (C=O) groups is 1. The number of amides is 1. The van der Waals surface area contributed by atoms with E-state index in [-0.39, 0.29) is 12.0 Å². The molecule has 2 N–H and O–H groups in total. The fraction of sp³-hybridized carbons (Fsp3) is 0.368. The average molecular weight is 325 g/mol. The number of hydrogen-bond acceptors (Lipinski definition) is 4. The van der Waals surface area contributed by atoms with Gasteiger partial charge in [-0.25, -0.2) is 4.98 Å². The zero-order chi connectivity index (χ0) is 16.9. The molecular formula is C19H23N3O2. The second-order valence-corrected chi connectivity index (χ2v) is 6.28. The van der Waals surface area contributed by atoms with E-state index in [0.29, 0.717) is 12.2 Å². The molecule has 1 aliphatic rings. The van der Waals surface area contributed by atoms with Crippen molar-refractivity contribution >= 4 is 17.3 Å². The number of benzene rings is 1. The summed E-state index contributed by atoms with van der Waals surface area (Å²) in [4.78, 5) is 16.4. The number of hydrogen-bond donors (Lipinski definition) is 2. The Kier molecular flexibility index (Phi) is 5.11. The first kappa shape index (κ1) is 16.5. The molecule has 1 saturated heterocycles. The highest BCUT2D eigenvalue weighted by Crippen LogP contribution is 2.19. The quantitative estimate of drug-likeness (QED) is 0.885. The lowest BCUT2D eigenvalue weighted by atomic mass is 10.1. The number of aryl methyl sites for hydroxylation is 2. The van der Waals surface area contributed by atoms with Crippen LogP contribution in [0.25, 0.3) is 0 Å². The smallest absolute Gasteiger partial charge is 0.269 e. The van der Waals surface area contributed by atoms with Gasteiger partial charge in [-0.05, 0) is 62.1 Å². The maximum absolute atomic E-state index is 12.1. The molecule has 0 saturated carbocycles. The minimum Gasteiger partial charge on any atom is -0.376 e. The average Bonchev–Trinajstić information content (AvgIpc) is 3.06. The molecule has 0 aliphatic carbocycles. The molecule has 5 nitrogen and oxygen atoms in total. The number of carbonyl (C=O) groups excluding carboxylic acids is 1. The number of aromatic nitrogens is 1. The molecule has 1 atom stereocenters. The van der Waals surface area contributed by atoms with Crippen molar-refractivity contribution in [1.82, 2.24) is 10.3 Å². The summed E-state index contributed by atoms with van der Waals surface area (Å²) in [5.41, 5.74) is 4.70. The highest BCUT2D eigenvalue weighted by molar-refractivity contribution is 5.92. The van der Waals surface area contributed by atoms with Gasteiger partial charge in [-0.3, -0.25) is 4.79 Å². The molecule has 1 amide bonds. The summed E-state index contributed by atoms with van der Waals surface area (Å²) in [5.74, 6) is -0.163. The standard InChI is InChI=1S/C19H23N3O2/c1-13-8-14(2)10-16(9-13)22-15-5-6-18(20-11-15)19(23)21-12-17-4-3-7-24-17/h5-6,8-11,17,22H,3-4,7,12H2,1-2H3,(H,21,23). The van der Waals surface area contributed by atoms with E-state index in [0.717, 1.165) is 30.8 Å². The Hall–Kier alpha value is -2.40. The Morgan fingerprint density at radius 2 is 2.00 bits per heavy atom. The van der Waals surface area contributed by atoms with Crippen molar-refractivity contribution in [3.05, 3.63) is 53.3 Å². The van der Waals surface area contributed by atoms with Crippen molar-refractivity contribution in [2.75, 3.05) is 18.5 Å². The zero-order valence-corrected chi connectivity index (χ0v) is 14.1. The third-order valence-corrected chi connectivity index (χ3v) is 4.02. The molecule has 126 valence electrons. The van der Waals surface area contributed by atoms with E-state index >= 15 is 0 Å². The lowest BCUT2D eigenvalue weighted by Gasteiger charge is -2.11. The highest BCUT2D eigenvalue weighted by Gasteiger charge is 2.17. The van der Waals surface area contributed by atoms with Gasteiger partial charge in [0.15, 0.2) is 0 Å². The van der Waals surface area contributed by atoms with E-state index in [1.54, 1.807) is 12.3 Å². The molecule has 3 rings (SSSR count). The van der Waals surface area contributed by atoms with Crippen LogP contribution in [-0.4, -0.2) is 30.1 Å². The van der Waals surface area contributed by atoms with Gasteiger partial charge in [-0.15, -0.1) is 0 Å². The van der Waals surface area contributed by atoms with Gasteiger partial charge >= 0.3 is 0 Å². The van der Waals surface area contributed by atoms with E-state index in [1.807, 2.05) is 6.07 Å². The molecular weight excluding hydrogens is 302 g/mol. The molecule has 1 aromatic carbocycles. The first-order chi connectivity index (χ1) is 11.6. The lowest BCUT2D eigenvalue weighted by molar-refractivity contribution is 0.0854. The molecule has 0 spiro atoms. The van der Waals surface area contributed by atoms with Crippen LogP contribution in [-0.2, 0) is 4.74 Å². The van der Waals surface area contributed by atoms with Gasteiger partial charge in [0.25, 0.3) is 5.91 Å². The Bertz CT molecular complexity index is 687. The second kappa shape index (κ2) is 7.45. The Morgan fingerprint density at radius 1 is 1.21 bits per heavy atom. The van der Waals surface area contributed by atoms with Gasteiger partial charge in [0.05, 0.1) is 18.0 Å². The van der Waals surface area contributed by atoms with Crippen molar-refractivity contribution in [3.63, 3.8) is 0 Å². The van der Waals surface area contributed by atoms with E-state index in [1.165, 1.54) is 11.1 Å². The number of rotatable bonds is 5. The topological polar surface area (TPSA) is 63.2 Å². The van der Waals surface area contributed by atoms with Crippen LogP contribution in [0.3, 0.4) is 0 Å². The number of nitrogens with one attached hydrogen (secondary N) is 2. The third kappa shape index (κ3) is 4.32. The molecule has 1 fully saturated rings. The SMILES string of the molecule is Cc1cc(C)cc(Nc2ccc(C(=O)NCC3CCCO3)nc2)c1. The molecule has 24 heavy (non-hydrogen) atoms. The predicted octanol–water partition coefficient (Wildman–Crippen LogP) is 3.35. The number of anilines is 2. The Morgan fingerprint density at radius 3 is 2.62 bits per heavy atom. The number of nitrogens with zero attached hydrogens (tertiary/aromatic N) is 1. The fourth-order valence-corrected chi connectivity index (χ4v) is 2.92. The first-order valence-corrected chi connectivity index (χ1v) is 8.31. The normalized spacial score (nSPS) is 16.8. The molecule has 0 bridgehead atoms. The van der Waals surface area contributed by atoms with Gasteiger partial charge in [0, 0.05) is 18.8 Å². The van der Waals surface area contributed by atoms with Crippen LogP contribution < -0.4 is 10.6 Å². The summed E-state index contributed by atoms with van der Waals surface area (Å²) in [5, 5.41) is 6.19. The van der Waals surface area contributed by atoms with Crippen molar-refractivity contribution in [1.29, 1.82) is 0 Å². The minimum absolute atomic E-state index is 0.138. The third-order valence-electron chi connectivity index (χ3n) is 4.02. The van der Waals surface area contributed by atoms with Crippen LogP contribution in [0.2, 0.25) is 0 Å². The minimum atomic E-state index is -0.163. The Labute approximate surface area is 142 Å². The zero-order valence-electron chi connectivity index (χ0n) is 14.1. The summed E-state index contributed by atoms with van der Waals surface area (Å²) < 4.78 is 5.50. The van der Waals surface area contributed by atoms with Gasteiger partial charge in [0.2, 0.25) is 0 Å². The molecule has 2 heterocycles. The van der Waals surface area contributed by atoms with Crippen LogP contribution in [0.5, 0.6) is 0 Å². The van der Waals surface area contributed by atoms with E-state index in [9.17, 15) is 4.79 Å². The van der Waals surface area contributed by atoms with Crippen molar-refractivity contribution < 1.29 is 9.53 Å². The Balaban J connectivity index is 1.59. The van der Waals surface area contributed by atoms with Gasteiger partial charge < -0.3 is 15.4 Å². The van der Waals surface area contributed by atoms with Crippen molar-refractivity contribution in [2.24, 2.45) is 0 Å². The summed E-state index contributed by atoms with van der Waals surface area (Å²) in [6.45, 7) is 5.47. The molecule has 0 radical (unpaired) electrons. The molecule has 1 unspecified atom stereocenters. The van der Waals surface area contributed by atoms with Crippen LogP contribution in [0.1, 0.15) is 34.5 Å². The number of pyridine rings is 1. The molecule has 5 heteroatoms. The monoisotopic (exact) mass is 325 g/mol. The first-order valence-electron chi connectivity index (χ1n) is 8.31. The molecule has 2 aromatic rings. The molecule has 1 aromatic heterocycles. The van der Waals surface area contributed by atoms with E-state index < -0.39 is 0 Å². The largest absolute Gasteiger partial charge is 0.376 e. The van der Waals surface area contributed by atoms with Gasteiger partial charge in [0.1, 0.15) is 5.69 Å². The maximum atomic E-state index is 12.1. The van der Waals surface area contributed by atoms with Crippen LogP contribution >= 0.6 is 0 Å². The molecule has 1 aliphatic heterocycles. The highest BCUT2D eigenvalue weighted by atomic mass is 16.5. The van der Waals surface area contributed by atoms with Crippen LogP contribution in [0.4, 0.5) is 11.4 Å². The van der Waals surface area contributed by atoms with Crippen LogP contribution in [0.15, 0.2) is 36.5 Å². The summed E-state index contributed by atoms with van der Waals surface area (Å²) in [7, 11) is 0. The van der Waals surface area contributed by atoms with Crippen molar-refractivity contribution in [3.8, 4) is 0 Å². The summed E-state index contributed by atoms with van der Waals surface area (Å²) in [6, 6.07) is 9.89. The summed E-state index contributed by atoms with van der Waals surface area (Å²) in [6.07, 6.45) is 3.89. The van der Waals surface area contributed by atoms with Crippen molar-refractivity contribution in [2.45, 2.75) is 32.8 Å². The van der Waals surface area contributed by atoms with E-state index in [2.05, 4.69) is 47.7 Å². The maximum Gasteiger partial charge on any atom is 0.269 e. The second-order valence-electron chi connectivity index (χ2n) is 6.28. The predicted molar refractivity (Wildman–Crippen MR) is 94.7 cm³/mol. The van der Waals surface area contributed by atoms with Gasteiger partial charge in [-0.1, -0.05) is 6.07 Å². The summed E-state index contributed by atoms with van der Waals surface area (Å²) >= 11 is 0.